The van der Waals surface area contributed by atoms with Crippen molar-refractivity contribution in [2.45, 2.75) is 38.0 Å². The average Bonchev–Trinajstić information content (AvgIpc) is 2.48. The molecule has 2 rings (SSSR count). The van der Waals surface area contributed by atoms with Crippen molar-refractivity contribution in [2.75, 3.05) is 25.5 Å². The van der Waals surface area contributed by atoms with Crippen LogP contribution in [-0.4, -0.2) is 32.9 Å². The van der Waals surface area contributed by atoms with Gasteiger partial charge in [0.15, 0.2) is 0 Å². The summed E-state index contributed by atoms with van der Waals surface area (Å²) in [5.41, 5.74) is 1.21. The number of sulfonamides is 1. The largest absolute Gasteiger partial charge is 0.388 e. The number of nitrogens with one attached hydrogen (secondary N) is 1. The van der Waals surface area contributed by atoms with Crippen LogP contribution in [-0.2, 0) is 10.0 Å². The summed E-state index contributed by atoms with van der Waals surface area (Å²) in [5, 5.41) is 3.00. The van der Waals surface area contributed by atoms with Gasteiger partial charge in [-0.1, -0.05) is 20.3 Å². The monoisotopic (exact) mass is 296 g/mol. The second kappa shape index (κ2) is 5.74. The number of anilines is 1. The Labute approximate surface area is 122 Å². The van der Waals surface area contributed by atoms with E-state index in [1.165, 1.54) is 0 Å². The van der Waals surface area contributed by atoms with Crippen molar-refractivity contribution in [3.05, 3.63) is 24.3 Å². The van der Waals surface area contributed by atoms with E-state index in [0.29, 0.717) is 23.4 Å². The van der Waals surface area contributed by atoms with E-state index in [-0.39, 0.29) is 0 Å². The van der Waals surface area contributed by atoms with Crippen molar-refractivity contribution in [3.8, 4) is 0 Å². The lowest BCUT2D eigenvalue weighted by molar-refractivity contribution is 0.169. The highest BCUT2D eigenvalue weighted by Gasteiger charge is 2.34. The zero-order valence-electron chi connectivity index (χ0n) is 12.5. The molecule has 1 aliphatic rings. The molecule has 1 aromatic rings. The predicted molar refractivity (Wildman–Crippen MR) is 82.4 cm³/mol. The molecule has 0 amide bonds. The normalized spacial score (nSPS) is 19.8. The lowest BCUT2D eigenvalue weighted by Crippen LogP contribution is -2.41. The fourth-order valence-electron chi connectivity index (χ4n) is 2.56. The summed E-state index contributed by atoms with van der Waals surface area (Å²) in [5.74, 6) is 0. The van der Waals surface area contributed by atoms with Gasteiger partial charge in [-0.25, -0.2) is 8.42 Å². The van der Waals surface area contributed by atoms with Crippen LogP contribution in [0, 0.1) is 5.41 Å². The van der Waals surface area contributed by atoms with Crippen LogP contribution in [0.3, 0.4) is 0 Å². The van der Waals surface area contributed by atoms with Crippen LogP contribution in [0.4, 0.5) is 5.69 Å². The highest BCUT2D eigenvalue weighted by atomic mass is 32.2. The fourth-order valence-corrected chi connectivity index (χ4v) is 4.00. The topological polar surface area (TPSA) is 49.4 Å². The predicted octanol–water partition coefficient (Wildman–Crippen LogP) is 2.93. The Hall–Kier alpha value is -1.07. The molecule has 4 nitrogen and oxygen atoms in total. The van der Waals surface area contributed by atoms with E-state index in [2.05, 4.69) is 19.2 Å². The Morgan fingerprint density at radius 1 is 1.20 bits per heavy atom. The molecule has 1 aliphatic heterocycles. The molecule has 1 aromatic carbocycles. The SMILES string of the molecule is CCC1(C)CCN(S(=O)(=O)c2ccc(NC)cc2)CC1. The Morgan fingerprint density at radius 2 is 1.75 bits per heavy atom. The maximum Gasteiger partial charge on any atom is 0.243 e. The molecule has 0 unspecified atom stereocenters. The van der Waals surface area contributed by atoms with Crippen LogP contribution in [0.2, 0.25) is 0 Å². The molecule has 0 aliphatic carbocycles. The Kier molecular flexibility index (Phi) is 4.39. The minimum absolute atomic E-state index is 0.294. The van der Waals surface area contributed by atoms with E-state index >= 15 is 0 Å². The molecule has 1 N–H and O–H groups in total. The van der Waals surface area contributed by atoms with Gasteiger partial charge in [0.2, 0.25) is 10.0 Å². The third-order valence-electron chi connectivity index (χ3n) is 4.56. The first-order chi connectivity index (χ1) is 9.41. The summed E-state index contributed by atoms with van der Waals surface area (Å²) in [6.45, 7) is 5.68. The molecule has 0 bridgehead atoms. The maximum atomic E-state index is 12.6. The summed E-state index contributed by atoms with van der Waals surface area (Å²) < 4.78 is 26.8. The molecular formula is C15H24N2O2S. The fraction of sp³-hybridized carbons (Fsp3) is 0.600. The first-order valence-electron chi connectivity index (χ1n) is 7.19. The van der Waals surface area contributed by atoms with Crippen LogP contribution in [0.25, 0.3) is 0 Å². The third-order valence-corrected chi connectivity index (χ3v) is 6.48. The van der Waals surface area contributed by atoms with Crippen molar-refractivity contribution in [1.82, 2.24) is 4.31 Å². The van der Waals surface area contributed by atoms with Gasteiger partial charge >= 0.3 is 0 Å². The minimum Gasteiger partial charge on any atom is -0.388 e. The second-order valence-electron chi connectivity index (χ2n) is 5.84. The zero-order chi connectivity index (χ0) is 14.8. The standard InChI is InChI=1S/C15H24N2O2S/c1-4-15(2)9-11-17(12-10-15)20(18,19)14-7-5-13(16-3)6-8-14/h5-8,16H,4,9-12H2,1-3H3. The molecule has 1 fully saturated rings. The summed E-state index contributed by atoms with van der Waals surface area (Å²) in [6.07, 6.45) is 2.99. The minimum atomic E-state index is -3.34. The van der Waals surface area contributed by atoms with E-state index in [4.69, 9.17) is 0 Å². The van der Waals surface area contributed by atoms with Gasteiger partial charge < -0.3 is 5.32 Å². The average molecular weight is 296 g/mol. The molecule has 0 saturated carbocycles. The smallest absolute Gasteiger partial charge is 0.243 e. The van der Waals surface area contributed by atoms with E-state index < -0.39 is 10.0 Å². The van der Waals surface area contributed by atoms with Gasteiger partial charge in [0, 0.05) is 25.8 Å². The lowest BCUT2D eigenvalue weighted by atomic mass is 9.79. The van der Waals surface area contributed by atoms with E-state index in [1.807, 2.05) is 7.05 Å². The highest BCUT2D eigenvalue weighted by Crippen LogP contribution is 2.35. The molecule has 1 heterocycles. The Balaban J connectivity index is 2.15. The molecule has 112 valence electrons. The van der Waals surface area contributed by atoms with Crippen LogP contribution in [0.5, 0.6) is 0 Å². The summed E-state index contributed by atoms with van der Waals surface area (Å²) >= 11 is 0. The van der Waals surface area contributed by atoms with Gasteiger partial charge in [-0.2, -0.15) is 4.31 Å². The summed E-state index contributed by atoms with van der Waals surface area (Å²) in [7, 11) is -1.52. The molecule has 5 heteroatoms. The number of benzene rings is 1. The van der Waals surface area contributed by atoms with Crippen molar-refractivity contribution in [2.24, 2.45) is 5.41 Å². The molecule has 0 aromatic heterocycles. The highest BCUT2D eigenvalue weighted by molar-refractivity contribution is 7.89. The van der Waals surface area contributed by atoms with Gasteiger partial charge in [-0.05, 0) is 42.5 Å². The first kappa shape index (κ1) is 15.3. The number of hydrogen-bond donors (Lipinski definition) is 1. The third kappa shape index (κ3) is 2.99. The van der Waals surface area contributed by atoms with Gasteiger partial charge in [0.25, 0.3) is 0 Å². The molecule has 1 saturated heterocycles. The quantitative estimate of drug-likeness (QED) is 0.929. The van der Waals surface area contributed by atoms with E-state index in [0.717, 1.165) is 24.9 Å². The summed E-state index contributed by atoms with van der Waals surface area (Å²) in [6, 6.07) is 6.95. The maximum absolute atomic E-state index is 12.6. The van der Waals surface area contributed by atoms with E-state index in [9.17, 15) is 8.42 Å². The van der Waals surface area contributed by atoms with Crippen molar-refractivity contribution >= 4 is 15.7 Å². The van der Waals surface area contributed by atoms with Crippen LogP contribution in [0.1, 0.15) is 33.1 Å². The molecule has 0 spiro atoms. The summed E-state index contributed by atoms with van der Waals surface area (Å²) in [4.78, 5) is 0.386. The number of piperidine rings is 1. The van der Waals surface area contributed by atoms with Crippen molar-refractivity contribution in [3.63, 3.8) is 0 Å². The Morgan fingerprint density at radius 3 is 2.20 bits per heavy atom. The number of hydrogen-bond acceptors (Lipinski definition) is 3. The van der Waals surface area contributed by atoms with Gasteiger partial charge in [-0.15, -0.1) is 0 Å². The molecule has 0 atom stereocenters. The van der Waals surface area contributed by atoms with Gasteiger partial charge in [0.05, 0.1) is 4.90 Å². The van der Waals surface area contributed by atoms with E-state index in [1.54, 1.807) is 28.6 Å². The lowest BCUT2D eigenvalue weighted by Gasteiger charge is -2.38. The Bertz CT molecular complexity index is 544. The molecular weight excluding hydrogens is 272 g/mol. The molecule has 20 heavy (non-hydrogen) atoms. The van der Waals surface area contributed by atoms with Gasteiger partial charge in [-0.3, -0.25) is 0 Å². The molecule has 0 radical (unpaired) electrons. The van der Waals surface area contributed by atoms with Gasteiger partial charge in [0.1, 0.15) is 0 Å². The van der Waals surface area contributed by atoms with Crippen LogP contribution >= 0.6 is 0 Å². The van der Waals surface area contributed by atoms with Crippen LogP contribution < -0.4 is 5.32 Å². The number of rotatable bonds is 4. The second-order valence-corrected chi connectivity index (χ2v) is 7.78. The number of nitrogens with zero attached hydrogens (tertiary/aromatic N) is 1. The van der Waals surface area contributed by atoms with Crippen LogP contribution in [0.15, 0.2) is 29.2 Å². The van der Waals surface area contributed by atoms with Crippen molar-refractivity contribution < 1.29 is 8.42 Å². The van der Waals surface area contributed by atoms with Crippen molar-refractivity contribution in [1.29, 1.82) is 0 Å². The first-order valence-corrected chi connectivity index (χ1v) is 8.63. The zero-order valence-corrected chi connectivity index (χ0v) is 13.3.